The van der Waals surface area contributed by atoms with Crippen LogP contribution in [0.15, 0.2) is 151 Å². The zero-order chi connectivity index (χ0) is 81.9. The third-order valence-electron chi connectivity index (χ3n) is 21.1. The first kappa shape index (κ1) is 89.9. The van der Waals surface area contributed by atoms with Crippen LogP contribution in [0.5, 0.6) is 28.7 Å². The Balaban J connectivity index is 0.000000179. The highest BCUT2D eigenvalue weighted by Crippen LogP contribution is 2.33. The molecule has 25 heteroatoms. The lowest BCUT2D eigenvalue weighted by atomic mass is 9.95. The molecule has 2 fully saturated rings. The first-order chi connectivity index (χ1) is 55.4. The molecule has 12 rings (SSSR count). The maximum Gasteiger partial charge on any atom is 0.254 e. The number of ketones is 1. The van der Waals surface area contributed by atoms with Crippen LogP contribution >= 0.6 is 0 Å². The van der Waals surface area contributed by atoms with E-state index in [4.69, 9.17) is 42.6 Å². The number of carbonyl (C=O) groups is 6. The van der Waals surface area contributed by atoms with Gasteiger partial charge in [0.1, 0.15) is 67.6 Å². The third kappa shape index (κ3) is 25.9. The topological polar surface area (TPSA) is 202 Å². The second-order valence-electron chi connectivity index (χ2n) is 28.6. The summed E-state index contributed by atoms with van der Waals surface area (Å²) in [5, 5.41) is 0. The summed E-state index contributed by atoms with van der Waals surface area (Å²) < 4.78 is 112. The lowest BCUT2D eigenvalue weighted by Gasteiger charge is -2.37. The number of amides is 5. The molecule has 20 nitrogen and oxygen atoms in total. The van der Waals surface area contributed by atoms with Crippen LogP contribution in [0.3, 0.4) is 0 Å². The van der Waals surface area contributed by atoms with Crippen molar-refractivity contribution in [2.75, 3.05) is 139 Å². The predicted molar refractivity (Wildman–Crippen MR) is 428 cm³/mol. The number of hydrogen-bond acceptors (Lipinski definition) is 15. The fourth-order valence-electron chi connectivity index (χ4n) is 13.8. The van der Waals surface area contributed by atoms with Crippen LogP contribution in [-0.2, 0) is 55.8 Å². The molecule has 0 spiro atoms. The summed E-state index contributed by atoms with van der Waals surface area (Å²) in [4.78, 5) is 82.9. The van der Waals surface area contributed by atoms with E-state index < -0.39 is 0 Å². The Morgan fingerprint density at radius 2 is 0.623 bits per heavy atom. The van der Waals surface area contributed by atoms with E-state index in [0.717, 1.165) is 130 Å². The molecule has 7 aliphatic rings. The average Bonchev–Trinajstić information content (AvgIpc) is 0.814. The average molecular weight is 1590 g/mol. The Morgan fingerprint density at radius 3 is 0.868 bits per heavy atom. The zero-order valence-corrected chi connectivity index (χ0v) is 67.3. The van der Waals surface area contributed by atoms with Crippen LogP contribution in [0.1, 0.15) is 179 Å². The number of methoxy groups -OCH3 is 2. The molecule has 5 amide bonds. The van der Waals surface area contributed by atoms with Crippen LogP contribution < -0.4 is 23.7 Å². The first-order valence-corrected chi connectivity index (χ1v) is 39.7. The van der Waals surface area contributed by atoms with Gasteiger partial charge in [0.25, 0.3) is 29.5 Å². The molecule has 0 saturated carbocycles. The lowest BCUT2D eigenvalue weighted by Crippen LogP contribution is -2.47. The zero-order valence-electron chi connectivity index (χ0n) is 67.3. The van der Waals surface area contributed by atoms with E-state index in [0.29, 0.717) is 189 Å². The van der Waals surface area contributed by atoms with Crippen molar-refractivity contribution in [3.05, 3.63) is 206 Å². The SMILES string of the molecule is CC/C(=C/F)COc1ccc2c(c1)CCN(C1CCOCC1)C2=O.CC/C(=C/F)COc1ccc2c(c1)CCN(CC(C)=O)C2=O.CC/C(=C/F)COc1ccc2c(c1)CCN(CCOC)C2=O.CC/C(=C\F)COc1ccc2c(c1)CCN(C1CCOCC1)C2=O.CC/C(=C\F)COc1ccc2c(c1)CCN(CCOC)C2=O. The molecule has 0 aliphatic carbocycles. The fraction of sp³-hybridized carbons (Fsp3) is 0.483. The molecule has 0 N–H and O–H groups in total. The van der Waals surface area contributed by atoms with Gasteiger partial charge in [-0.25, -0.2) is 22.0 Å². The number of ether oxygens (including phenoxy) is 9. The minimum atomic E-state index is -0.124. The number of fused-ring (bicyclic) bond motifs is 5. The van der Waals surface area contributed by atoms with Gasteiger partial charge >= 0.3 is 0 Å². The molecule has 5 aromatic rings. The summed E-state index contributed by atoms with van der Waals surface area (Å²) in [5.41, 5.74) is 11.5. The van der Waals surface area contributed by atoms with Gasteiger partial charge in [-0.2, -0.15) is 0 Å². The van der Waals surface area contributed by atoms with Crippen molar-refractivity contribution < 1.29 is 93.4 Å². The van der Waals surface area contributed by atoms with Gasteiger partial charge in [-0.05, 0) is 243 Å². The Kier molecular flexibility index (Phi) is 37.2. The van der Waals surface area contributed by atoms with Gasteiger partial charge in [0.15, 0.2) is 0 Å². The molecule has 0 atom stereocenters. The van der Waals surface area contributed by atoms with Crippen LogP contribution in [0, 0.1) is 0 Å². The highest BCUT2D eigenvalue weighted by Gasteiger charge is 2.34. The van der Waals surface area contributed by atoms with Crippen molar-refractivity contribution in [1.82, 2.24) is 24.5 Å². The summed E-state index contributed by atoms with van der Waals surface area (Å²) >= 11 is 0. The molecule has 0 radical (unpaired) electrons. The molecule has 7 aliphatic heterocycles. The Hall–Kier alpha value is -9.69. The number of hydrogen-bond donors (Lipinski definition) is 0. The maximum absolute atomic E-state index is 12.8. The molecule has 0 aromatic heterocycles. The van der Waals surface area contributed by atoms with Crippen molar-refractivity contribution in [1.29, 1.82) is 0 Å². The van der Waals surface area contributed by atoms with E-state index in [9.17, 15) is 50.7 Å². The fourth-order valence-corrected chi connectivity index (χ4v) is 13.8. The summed E-state index contributed by atoms with van der Waals surface area (Å²) in [5.74, 6) is 3.46. The number of nitrogens with zero attached hydrogens (tertiary/aromatic N) is 5. The molecule has 618 valence electrons. The molecule has 0 unspecified atom stereocenters. The number of carbonyl (C=O) groups excluding carboxylic acids is 6. The molecule has 7 heterocycles. The van der Waals surface area contributed by atoms with Gasteiger partial charge in [-0.3, -0.25) is 28.8 Å². The Labute approximate surface area is 667 Å². The number of halogens is 5. The first-order valence-electron chi connectivity index (χ1n) is 39.7. The second kappa shape index (κ2) is 47.2. The third-order valence-corrected chi connectivity index (χ3v) is 21.1. The van der Waals surface area contributed by atoms with Crippen LogP contribution in [0.25, 0.3) is 0 Å². The van der Waals surface area contributed by atoms with Gasteiger partial charge in [0.2, 0.25) is 0 Å². The minimum absolute atomic E-state index is 0.0261. The molecule has 114 heavy (non-hydrogen) atoms. The van der Waals surface area contributed by atoms with Crippen LogP contribution in [0.4, 0.5) is 22.0 Å². The van der Waals surface area contributed by atoms with Crippen molar-refractivity contribution in [2.24, 2.45) is 0 Å². The van der Waals surface area contributed by atoms with Crippen LogP contribution in [-0.4, -0.2) is 211 Å². The number of benzene rings is 5. The van der Waals surface area contributed by atoms with E-state index >= 15 is 0 Å². The minimum Gasteiger partial charge on any atom is -0.489 e. The van der Waals surface area contributed by atoms with E-state index in [1.54, 1.807) is 77.5 Å². The second-order valence-corrected chi connectivity index (χ2v) is 28.6. The monoisotopic (exact) mass is 1590 g/mol. The van der Waals surface area contributed by atoms with Crippen LogP contribution in [0.2, 0.25) is 0 Å². The smallest absolute Gasteiger partial charge is 0.254 e. The standard InChI is InChI=1S/2C19H24FNO3.C17H20FNO3.2C17H22FNO3/c2*1-2-14(12-20)13-24-17-3-4-18-15(11-17)5-8-21(19(18)22)16-6-9-23-10-7-16;1-3-13(9-18)11-22-15-4-5-16-14(8-15)6-7-19(17(16)21)10-12(2)20;2*1-3-13(11-18)12-22-15-4-5-16-14(10-15)6-7-19(17(16)20)8-9-21-2/h2*3-4,11-12,16H,2,5-10,13H2,1H3;4-5,8-9H,3,6-7,10-11H2,1-2H3;2*4-5,10-11H,3,6-9,12H2,1-2H3/b14-12+;14-12-;13-9-;13-11+;13-11-. The van der Waals surface area contributed by atoms with E-state index in [-0.39, 0.29) is 87.0 Å². The quantitative estimate of drug-likeness (QED) is 0.0393. The van der Waals surface area contributed by atoms with Gasteiger partial charge < -0.3 is 67.1 Å². The highest BCUT2D eigenvalue weighted by atomic mass is 19.1. The van der Waals surface area contributed by atoms with Crippen molar-refractivity contribution in [3.63, 3.8) is 0 Å². The van der Waals surface area contributed by atoms with Gasteiger partial charge in [0, 0.05) is 126 Å². The summed E-state index contributed by atoms with van der Waals surface area (Å²) in [6, 6.07) is 27.8. The molecular formula is C89H112F5N5O15. The number of Topliss-reactive ketones (excluding diaryl/α,β-unsaturated/α-hetero) is 1. The predicted octanol–water partition coefficient (Wildman–Crippen LogP) is 15.9. The number of rotatable bonds is 30. The summed E-state index contributed by atoms with van der Waals surface area (Å²) in [6.45, 7) is 20.8. The van der Waals surface area contributed by atoms with Gasteiger partial charge in [-0.1, -0.05) is 34.6 Å². The van der Waals surface area contributed by atoms with E-state index in [2.05, 4.69) is 0 Å². The largest absolute Gasteiger partial charge is 0.489 e. The molecular weight excluding hydrogens is 1470 g/mol. The lowest BCUT2D eigenvalue weighted by molar-refractivity contribution is -0.117. The summed E-state index contributed by atoms with van der Waals surface area (Å²) in [7, 11) is 3.25. The molecule has 2 saturated heterocycles. The summed E-state index contributed by atoms with van der Waals surface area (Å²) in [6.07, 6.45) is 13.6. The molecule has 0 bridgehead atoms. The highest BCUT2D eigenvalue weighted by molar-refractivity contribution is 6.00. The van der Waals surface area contributed by atoms with Crippen molar-refractivity contribution >= 4 is 35.3 Å². The van der Waals surface area contributed by atoms with E-state index in [1.165, 1.54) is 6.92 Å². The maximum atomic E-state index is 12.8. The Morgan fingerprint density at radius 1 is 0.377 bits per heavy atom. The normalized spacial score (nSPS) is 16.8. The van der Waals surface area contributed by atoms with Crippen molar-refractivity contribution in [3.8, 4) is 28.7 Å². The van der Waals surface area contributed by atoms with Crippen molar-refractivity contribution in [2.45, 2.75) is 144 Å². The van der Waals surface area contributed by atoms with E-state index in [1.807, 2.05) is 86.9 Å². The molecule has 5 aromatic carbocycles. The van der Waals surface area contributed by atoms with Gasteiger partial charge in [0.05, 0.1) is 51.4 Å². The Bertz CT molecular complexity index is 3980. The van der Waals surface area contributed by atoms with Gasteiger partial charge in [-0.15, -0.1) is 0 Å².